The minimum Gasteiger partial charge on any atom is -0.306 e. The minimum atomic E-state index is -0.0585. The van der Waals surface area contributed by atoms with Crippen molar-refractivity contribution >= 4 is 32.1 Å². The lowest BCUT2D eigenvalue weighted by Crippen LogP contribution is -2.58. The van der Waals surface area contributed by atoms with Gasteiger partial charge in [0, 0.05) is 22.3 Å². The Bertz CT molecular complexity index is 619. The summed E-state index contributed by atoms with van der Waals surface area (Å²) in [7, 11) is 0. The molecule has 1 nitrogen and oxygen atoms in total. The molecular weight excluding hydrogens is 301 g/mol. The van der Waals surface area contributed by atoms with Gasteiger partial charge in [0.2, 0.25) is 0 Å². The number of thiophene rings is 2. The maximum atomic E-state index is 13.2. The topological polar surface area (TPSA) is 12.0 Å². The Morgan fingerprint density at radius 3 is 2.33 bits per heavy atom. The van der Waals surface area contributed by atoms with Gasteiger partial charge in [0.05, 0.1) is 4.01 Å². The highest BCUT2D eigenvalue weighted by molar-refractivity contribution is 7.37. The third-order valence-corrected chi connectivity index (χ3v) is 8.09. The van der Waals surface area contributed by atoms with Crippen LogP contribution in [0.3, 0.4) is 0 Å². The molecule has 4 heteroatoms. The lowest BCUT2D eigenvalue weighted by molar-refractivity contribution is -0.0204. The summed E-state index contributed by atoms with van der Waals surface area (Å²) >= 11 is 3.05. The second-order valence-electron chi connectivity index (χ2n) is 7.56. The van der Waals surface area contributed by atoms with Gasteiger partial charge in [0.15, 0.2) is 5.13 Å². The second-order valence-corrected chi connectivity index (χ2v) is 9.96. The lowest BCUT2D eigenvalue weighted by atomic mass is 9.53. The standard InChI is InChI=1S/C17H20FNS2/c18-15-5-13-4-14(20-16(13)21-15)9-19-17-6-10-1-11(7-17)3-12(2-10)8-17/h4-5,10-12,19H,1-3,6-9H2. The van der Waals surface area contributed by atoms with Gasteiger partial charge in [-0.1, -0.05) is 11.3 Å². The van der Waals surface area contributed by atoms with Crippen molar-refractivity contribution in [2.75, 3.05) is 0 Å². The molecule has 6 rings (SSSR count). The van der Waals surface area contributed by atoms with Crippen LogP contribution in [-0.2, 0) is 6.54 Å². The SMILES string of the molecule is Fc1cc2cc(CNC34CC5CC(CC(C5)C3)C4)sc2s1. The largest absolute Gasteiger partial charge is 0.306 e. The van der Waals surface area contributed by atoms with Crippen LogP contribution in [0.5, 0.6) is 0 Å². The molecule has 21 heavy (non-hydrogen) atoms. The van der Waals surface area contributed by atoms with Crippen LogP contribution >= 0.6 is 22.7 Å². The molecule has 0 aromatic carbocycles. The summed E-state index contributed by atoms with van der Waals surface area (Å²) in [5.41, 5.74) is 0.428. The van der Waals surface area contributed by atoms with Crippen LogP contribution in [-0.4, -0.2) is 5.54 Å². The summed E-state index contributed by atoms with van der Waals surface area (Å²) in [5.74, 6) is 2.97. The average Bonchev–Trinajstić information content (AvgIpc) is 2.91. The maximum absolute atomic E-state index is 13.2. The Hall–Kier alpha value is -0.450. The summed E-state index contributed by atoms with van der Waals surface area (Å²) in [6.07, 6.45) is 8.67. The number of hydrogen-bond donors (Lipinski definition) is 1. The zero-order valence-corrected chi connectivity index (χ0v) is 13.7. The summed E-state index contributed by atoms with van der Waals surface area (Å²) in [6, 6.07) is 3.85. The first kappa shape index (κ1) is 13.0. The van der Waals surface area contributed by atoms with Gasteiger partial charge in [-0.2, -0.15) is 4.39 Å². The fourth-order valence-corrected chi connectivity index (χ4v) is 7.68. The number of rotatable bonds is 3. The number of halogens is 1. The molecule has 4 saturated carbocycles. The highest BCUT2D eigenvalue weighted by Gasteiger charge is 2.50. The van der Waals surface area contributed by atoms with Crippen molar-refractivity contribution in [2.24, 2.45) is 17.8 Å². The van der Waals surface area contributed by atoms with Gasteiger partial charge in [-0.05, 0) is 68.4 Å². The van der Waals surface area contributed by atoms with E-state index in [9.17, 15) is 4.39 Å². The van der Waals surface area contributed by atoms with E-state index in [4.69, 9.17) is 0 Å². The van der Waals surface area contributed by atoms with E-state index in [1.165, 1.54) is 54.7 Å². The molecule has 4 aliphatic carbocycles. The van der Waals surface area contributed by atoms with E-state index in [2.05, 4.69) is 11.4 Å². The number of nitrogens with one attached hydrogen (secondary N) is 1. The van der Waals surface area contributed by atoms with Gasteiger partial charge in [-0.3, -0.25) is 0 Å². The van der Waals surface area contributed by atoms with Crippen LogP contribution in [0.25, 0.3) is 9.40 Å². The molecule has 4 fully saturated rings. The van der Waals surface area contributed by atoms with Crippen LogP contribution in [0.15, 0.2) is 12.1 Å². The van der Waals surface area contributed by atoms with Gasteiger partial charge in [-0.15, -0.1) is 11.3 Å². The number of hydrogen-bond acceptors (Lipinski definition) is 3. The fraction of sp³-hybridized carbons (Fsp3) is 0.647. The third-order valence-electron chi connectivity index (χ3n) is 5.91. The van der Waals surface area contributed by atoms with Crippen LogP contribution in [0.1, 0.15) is 43.4 Å². The van der Waals surface area contributed by atoms with Crippen molar-refractivity contribution in [3.63, 3.8) is 0 Å². The quantitative estimate of drug-likeness (QED) is 0.823. The summed E-state index contributed by atoms with van der Waals surface area (Å²) < 4.78 is 14.3. The van der Waals surface area contributed by atoms with E-state index in [0.29, 0.717) is 5.54 Å². The van der Waals surface area contributed by atoms with Gasteiger partial charge in [-0.25, -0.2) is 0 Å². The number of fused-ring (bicyclic) bond motifs is 1. The fourth-order valence-electron chi connectivity index (χ4n) is 5.55. The first-order valence-corrected chi connectivity index (χ1v) is 9.74. The van der Waals surface area contributed by atoms with Gasteiger partial charge >= 0.3 is 0 Å². The van der Waals surface area contributed by atoms with E-state index in [-0.39, 0.29) is 5.13 Å². The highest BCUT2D eigenvalue weighted by Crippen LogP contribution is 2.55. The van der Waals surface area contributed by atoms with Crippen molar-refractivity contribution in [2.45, 2.75) is 50.6 Å². The van der Waals surface area contributed by atoms with Crippen molar-refractivity contribution in [1.29, 1.82) is 0 Å². The third kappa shape index (κ3) is 2.18. The van der Waals surface area contributed by atoms with Gasteiger partial charge < -0.3 is 5.32 Å². The molecular formula is C17H20FNS2. The molecule has 2 heterocycles. The van der Waals surface area contributed by atoms with Crippen LogP contribution in [0, 0.1) is 22.9 Å². The Morgan fingerprint density at radius 1 is 1.05 bits per heavy atom. The van der Waals surface area contributed by atoms with Crippen molar-refractivity contribution in [3.8, 4) is 0 Å². The zero-order chi connectivity index (χ0) is 14.0. The second kappa shape index (κ2) is 4.53. The highest BCUT2D eigenvalue weighted by atomic mass is 32.2. The molecule has 0 aliphatic heterocycles. The summed E-state index contributed by atoms with van der Waals surface area (Å²) in [6.45, 7) is 0.972. The Morgan fingerprint density at radius 2 is 1.71 bits per heavy atom. The molecule has 0 saturated heterocycles. The molecule has 1 N–H and O–H groups in total. The van der Waals surface area contributed by atoms with Gasteiger partial charge in [0.25, 0.3) is 0 Å². The molecule has 0 radical (unpaired) electrons. The van der Waals surface area contributed by atoms with E-state index >= 15 is 0 Å². The van der Waals surface area contributed by atoms with E-state index < -0.39 is 0 Å². The van der Waals surface area contributed by atoms with Crippen LogP contribution < -0.4 is 5.32 Å². The van der Waals surface area contributed by atoms with Crippen molar-refractivity contribution in [3.05, 3.63) is 22.1 Å². The monoisotopic (exact) mass is 321 g/mol. The molecule has 112 valence electrons. The normalized spacial score (nSPS) is 37.7. The molecule has 2 aromatic heterocycles. The predicted molar refractivity (Wildman–Crippen MR) is 87.4 cm³/mol. The molecule has 0 unspecified atom stereocenters. The van der Waals surface area contributed by atoms with Crippen molar-refractivity contribution < 1.29 is 4.39 Å². The zero-order valence-electron chi connectivity index (χ0n) is 12.0. The molecule has 4 aliphatic rings. The lowest BCUT2D eigenvalue weighted by Gasteiger charge is -2.57. The summed E-state index contributed by atoms with van der Waals surface area (Å²) in [5, 5.41) is 4.96. The van der Waals surface area contributed by atoms with Crippen molar-refractivity contribution in [1.82, 2.24) is 5.32 Å². The molecule has 2 aromatic rings. The molecule has 0 amide bonds. The molecule has 4 bridgehead atoms. The average molecular weight is 321 g/mol. The first-order chi connectivity index (χ1) is 10.2. The maximum Gasteiger partial charge on any atom is 0.178 e. The molecule has 0 atom stereocenters. The van der Waals surface area contributed by atoms with E-state index in [0.717, 1.165) is 33.7 Å². The minimum absolute atomic E-state index is 0.0585. The first-order valence-electron chi connectivity index (χ1n) is 8.10. The Labute approximate surface area is 132 Å². The molecule has 0 spiro atoms. The van der Waals surface area contributed by atoms with Crippen LogP contribution in [0.4, 0.5) is 4.39 Å². The smallest absolute Gasteiger partial charge is 0.178 e. The van der Waals surface area contributed by atoms with E-state index in [1.54, 1.807) is 17.4 Å². The predicted octanol–water partition coefficient (Wildman–Crippen LogP) is 5.16. The van der Waals surface area contributed by atoms with E-state index in [1.807, 2.05) is 0 Å². The Balaban J connectivity index is 1.34. The van der Waals surface area contributed by atoms with Crippen LogP contribution in [0.2, 0.25) is 0 Å². The van der Waals surface area contributed by atoms with Gasteiger partial charge in [0.1, 0.15) is 0 Å². The Kier molecular flexibility index (Phi) is 2.81. The summed E-state index contributed by atoms with van der Waals surface area (Å²) in [4.78, 5) is 1.37.